The Morgan fingerprint density at radius 1 is 1.45 bits per heavy atom. The first-order chi connectivity index (χ1) is 5.24. The maximum absolute atomic E-state index is 2.26. The van der Waals surface area contributed by atoms with E-state index in [-0.39, 0.29) is 0 Å². The Kier molecular flexibility index (Phi) is 2.70. The van der Waals surface area contributed by atoms with Crippen molar-refractivity contribution in [3.05, 3.63) is 35.5 Å². The molecule has 0 aromatic heterocycles. The van der Waals surface area contributed by atoms with Crippen LogP contribution in [-0.4, -0.2) is 0 Å². The molecule has 0 amide bonds. The minimum Gasteiger partial charge on any atom is -0.0801 e. The van der Waals surface area contributed by atoms with Gasteiger partial charge in [0, 0.05) is 0 Å². The Hall–Kier alpha value is -0.780. The fraction of sp³-hybridized carbons (Fsp3) is 0.455. The van der Waals surface area contributed by atoms with E-state index < -0.39 is 0 Å². The molecule has 0 radical (unpaired) electrons. The second kappa shape index (κ2) is 3.56. The second-order valence-electron chi connectivity index (χ2n) is 3.39. The van der Waals surface area contributed by atoms with E-state index in [4.69, 9.17) is 0 Å². The molecule has 0 N–H and O–H groups in total. The fourth-order valence-corrected chi connectivity index (χ4v) is 1.38. The standard InChI is InChI=1S/C11H16/c1-4-10-6-5-7-11(10)8-9(2)3/h4-7,9H,8H2,1-3H3/b10-4+. The molecule has 0 bridgehead atoms. The smallest absolute Gasteiger partial charge is 0.0250 e. The minimum atomic E-state index is 0.760. The van der Waals surface area contributed by atoms with Gasteiger partial charge in [0.25, 0.3) is 0 Å². The highest BCUT2D eigenvalue weighted by molar-refractivity contribution is 5.47. The van der Waals surface area contributed by atoms with Crippen molar-refractivity contribution in [2.75, 3.05) is 0 Å². The minimum absolute atomic E-state index is 0.760. The van der Waals surface area contributed by atoms with Crippen molar-refractivity contribution < 1.29 is 0 Å². The number of allylic oxidation sites excluding steroid dienone is 6. The summed E-state index contributed by atoms with van der Waals surface area (Å²) in [5.41, 5.74) is 2.89. The molecule has 0 heterocycles. The summed E-state index contributed by atoms with van der Waals surface area (Å²) in [6.45, 7) is 6.61. The van der Waals surface area contributed by atoms with Gasteiger partial charge in [-0.3, -0.25) is 0 Å². The van der Waals surface area contributed by atoms with Crippen LogP contribution in [0.3, 0.4) is 0 Å². The maximum atomic E-state index is 2.26. The van der Waals surface area contributed by atoms with Gasteiger partial charge in [-0.05, 0) is 30.4 Å². The van der Waals surface area contributed by atoms with Crippen molar-refractivity contribution in [3.8, 4) is 0 Å². The third kappa shape index (κ3) is 2.07. The third-order valence-corrected chi connectivity index (χ3v) is 1.88. The topological polar surface area (TPSA) is 0 Å². The molecule has 0 unspecified atom stereocenters. The van der Waals surface area contributed by atoms with Crippen LogP contribution in [-0.2, 0) is 0 Å². The van der Waals surface area contributed by atoms with Gasteiger partial charge >= 0.3 is 0 Å². The Labute approximate surface area is 69.3 Å². The number of hydrogen-bond acceptors (Lipinski definition) is 0. The zero-order valence-corrected chi connectivity index (χ0v) is 7.59. The Morgan fingerprint density at radius 2 is 2.18 bits per heavy atom. The van der Waals surface area contributed by atoms with Gasteiger partial charge in [0.15, 0.2) is 0 Å². The Balaban J connectivity index is 2.62. The molecule has 0 saturated heterocycles. The van der Waals surface area contributed by atoms with Crippen LogP contribution in [0.15, 0.2) is 35.5 Å². The molecule has 0 atom stereocenters. The predicted molar refractivity (Wildman–Crippen MR) is 50.4 cm³/mol. The van der Waals surface area contributed by atoms with E-state index in [9.17, 15) is 0 Å². The molecule has 0 aromatic rings. The maximum Gasteiger partial charge on any atom is -0.0250 e. The van der Waals surface area contributed by atoms with E-state index in [0.717, 1.165) is 5.92 Å². The molecule has 1 aliphatic rings. The van der Waals surface area contributed by atoms with Gasteiger partial charge in [0.05, 0.1) is 0 Å². The molecule has 0 nitrogen and oxygen atoms in total. The average molecular weight is 148 g/mol. The van der Waals surface area contributed by atoms with Gasteiger partial charge in [0.2, 0.25) is 0 Å². The first kappa shape index (κ1) is 8.32. The quantitative estimate of drug-likeness (QED) is 0.562. The molecule has 0 fully saturated rings. The monoisotopic (exact) mass is 148 g/mol. The Bertz CT molecular complexity index is 214. The highest BCUT2D eigenvalue weighted by Crippen LogP contribution is 2.24. The molecule has 1 rings (SSSR count). The van der Waals surface area contributed by atoms with Gasteiger partial charge in [-0.15, -0.1) is 0 Å². The van der Waals surface area contributed by atoms with Gasteiger partial charge in [-0.1, -0.05) is 38.2 Å². The van der Waals surface area contributed by atoms with Crippen LogP contribution in [0.2, 0.25) is 0 Å². The molecule has 60 valence electrons. The van der Waals surface area contributed by atoms with Crippen LogP contribution >= 0.6 is 0 Å². The second-order valence-corrected chi connectivity index (χ2v) is 3.39. The van der Waals surface area contributed by atoms with Crippen molar-refractivity contribution >= 4 is 0 Å². The lowest BCUT2D eigenvalue weighted by Crippen LogP contribution is -1.91. The molecule has 0 spiro atoms. The summed E-state index contributed by atoms with van der Waals surface area (Å²) in [7, 11) is 0. The van der Waals surface area contributed by atoms with E-state index in [1.807, 2.05) is 0 Å². The molecule has 1 aliphatic carbocycles. The van der Waals surface area contributed by atoms with Crippen molar-refractivity contribution in [2.45, 2.75) is 27.2 Å². The summed E-state index contributed by atoms with van der Waals surface area (Å²) in [5, 5.41) is 0. The SMILES string of the molecule is C/C=C1\C=CC=C1CC(C)C. The van der Waals surface area contributed by atoms with Gasteiger partial charge < -0.3 is 0 Å². The van der Waals surface area contributed by atoms with Crippen LogP contribution in [0.5, 0.6) is 0 Å². The summed E-state index contributed by atoms with van der Waals surface area (Å²) in [5.74, 6) is 0.760. The molecular weight excluding hydrogens is 132 g/mol. The van der Waals surface area contributed by atoms with Crippen LogP contribution < -0.4 is 0 Å². The molecule has 0 saturated carbocycles. The third-order valence-electron chi connectivity index (χ3n) is 1.88. The highest BCUT2D eigenvalue weighted by atomic mass is 14.1. The lowest BCUT2D eigenvalue weighted by molar-refractivity contribution is 0.648. The molecular formula is C11H16. The summed E-state index contributed by atoms with van der Waals surface area (Å²) in [6, 6.07) is 0. The first-order valence-electron chi connectivity index (χ1n) is 4.28. The first-order valence-corrected chi connectivity index (χ1v) is 4.28. The zero-order valence-electron chi connectivity index (χ0n) is 7.59. The van der Waals surface area contributed by atoms with Gasteiger partial charge in [-0.25, -0.2) is 0 Å². The summed E-state index contributed by atoms with van der Waals surface area (Å²) in [6.07, 6.45) is 9.91. The largest absolute Gasteiger partial charge is 0.0801 e. The number of rotatable bonds is 2. The van der Waals surface area contributed by atoms with Crippen LogP contribution in [0.1, 0.15) is 27.2 Å². The van der Waals surface area contributed by atoms with E-state index in [0.29, 0.717) is 0 Å². The lowest BCUT2D eigenvalue weighted by Gasteiger charge is -2.06. The Morgan fingerprint density at radius 3 is 2.73 bits per heavy atom. The van der Waals surface area contributed by atoms with E-state index >= 15 is 0 Å². The fourth-order valence-electron chi connectivity index (χ4n) is 1.38. The van der Waals surface area contributed by atoms with E-state index in [2.05, 4.69) is 45.1 Å². The van der Waals surface area contributed by atoms with Crippen LogP contribution in [0, 0.1) is 5.92 Å². The van der Waals surface area contributed by atoms with E-state index in [1.165, 1.54) is 17.6 Å². The molecule has 0 heteroatoms. The molecule has 11 heavy (non-hydrogen) atoms. The normalized spacial score (nSPS) is 20.0. The van der Waals surface area contributed by atoms with Crippen molar-refractivity contribution in [3.63, 3.8) is 0 Å². The summed E-state index contributed by atoms with van der Waals surface area (Å²) < 4.78 is 0. The van der Waals surface area contributed by atoms with Crippen molar-refractivity contribution in [1.82, 2.24) is 0 Å². The van der Waals surface area contributed by atoms with Gasteiger partial charge in [0.1, 0.15) is 0 Å². The summed E-state index contributed by atoms with van der Waals surface area (Å²) in [4.78, 5) is 0. The van der Waals surface area contributed by atoms with Crippen molar-refractivity contribution in [2.24, 2.45) is 5.92 Å². The molecule has 0 aliphatic heterocycles. The average Bonchev–Trinajstić information content (AvgIpc) is 2.34. The van der Waals surface area contributed by atoms with Crippen LogP contribution in [0.4, 0.5) is 0 Å². The number of hydrogen-bond donors (Lipinski definition) is 0. The lowest BCUT2D eigenvalue weighted by atomic mass is 9.99. The van der Waals surface area contributed by atoms with Crippen LogP contribution in [0.25, 0.3) is 0 Å². The van der Waals surface area contributed by atoms with Gasteiger partial charge in [-0.2, -0.15) is 0 Å². The van der Waals surface area contributed by atoms with Crippen molar-refractivity contribution in [1.29, 1.82) is 0 Å². The van der Waals surface area contributed by atoms with E-state index in [1.54, 1.807) is 0 Å². The highest BCUT2D eigenvalue weighted by Gasteiger charge is 2.06. The molecule has 0 aromatic carbocycles. The predicted octanol–water partition coefficient (Wildman–Crippen LogP) is 3.48. The zero-order chi connectivity index (χ0) is 8.27. The summed E-state index contributed by atoms with van der Waals surface area (Å²) >= 11 is 0.